The van der Waals surface area contributed by atoms with E-state index in [9.17, 15) is 9.59 Å². The van der Waals surface area contributed by atoms with E-state index < -0.39 is 0 Å². The normalized spacial score (nSPS) is 15.3. The maximum Gasteiger partial charge on any atom is 0.235 e. The van der Waals surface area contributed by atoms with Crippen LogP contribution in [0, 0.1) is 13.0 Å². The van der Waals surface area contributed by atoms with Crippen LogP contribution in [0.5, 0.6) is 0 Å². The fourth-order valence-corrected chi connectivity index (χ4v) is 1.88. The van der Waals surface area contributed by atoms with Crippen LogP contribution in [0.2, 0.25) is 0 Å². The van der Waals surface area contributed by atoms with E-state index in [1.807, 2.05) is 25.1 Å². The third-order valence-corrected chi connectivity index (χ3v) is 2.93. The summed E-state index contributed by atoms with van der Waals surface area (Å²) >= 11 is 0. The first-order chi connectivity index (χ1) is 8.08. The molecule has 5 heteroatoms. The number of carbonyl (C=O) groups is 2. The molecule has 0 aliphatic carbocycles. The number of nitrogens with zero attached hydrogens (tertiary/aromatic N) is 2. The summed E-state index contributed by atoms with van der Waals surface area (Å²) in [6.07, 6.45) is 0. The van der Waals surface area contributed by atoms with E-state index in [-0.39, 0.29) is 51.1 Å². The quantitative estimate of drug-likeness (QED) is 0.724. The minimum Gasteiger partial charge on any atom is -0.363 e. The zero-order chi connectivity index (χ0) is 12.4. The van der Waals surface area contributed by atoms with Gasteiger partial charge in [-0.25, -0.2) is 0 Å². The maximum atomic E-state index is 11.9. The molecule has 0 atom stereocenters. The zero-order valence-corrected chi connectivity index (χ0v) is 13.5. The van der Waals surface area contributed by atoms with Gasteiger partial charge in [0.2, 0.25) is 11.8 Å². The van der Waals surface area contributed by atoms with E-state index in [0.717, 1.165) is 11.3 Å². The molecule has 0 saturated carbocycles. The maximum absolute atomic E-state index is 11.9. The summed E-state index contributed by atoms with van der Waals surface area (Å²) in [5.41, 5.74) is 1.90. The van der Waals surface area contributed by atoms with Crippen LogP contribution < -0.4 is 4.90 Å². The predicted octanol–water partition coefficient (Wildman–Crippen LogP) is 0.988. The fraction of sp³-hybridized carbons (Fsp3) is 0.385. The Labute approximate surface area is 132 Å². The van der Waals surface area contributed by atoms with Crippen LogP contribution in [0.1, 0.15) is 12.5 Å². The van der Waals surface area contributed by atoms with Crippen LogP contribution in [-0.4, -0.2) is 36.3 Å². The van der Waals surface area contributed by atoms with Gasteiger partial charge in [-0.3, -0.25) is 9.59 Å². The van der Waals surface area contributed by atoms with Gasteiger partial charge in [0.05, 0.1) is 6.54 Å². The van der Waals surface area contributed by atoms with E-state index in [1.54, 1.807) is 9.80 Å². The topological polar surface area (TPSA) is 40.6 Å². The first-order valence-electron chi connectivity index (χ1n) is 5.62. The molecule has 1 heterocycles. The molecule has 1 aromatic carbocycles. The number of amides is 2. The number of aryl methyl sites for hydroxylation is 1. The van der Waals surface area contributed by atoms with Gasteiger partial charge in [-0.1, -0.05) is 12.6 Å². The molecule has 0 N–H and O–H groups in total. The van der Waals surface area contributed by atoms with E-state index >= 15 is 0 Å². The fourth-order valence-electron chi connectivity index (χ4n) is 1.88. The minimum absolute atomic E-state index is 0. The molecule has 0 unspecified atom stereocenters. The van der Waals surface area contributed by atoms with Crippen LogP contribution in [-0.2, 0) is 42.3 Å². The number of anilines is 1. The Morgan fingerprint density at radius 1 is 1.33 bits per heavy atom. The summed E-state index contributed by atoms with van der Waals surface area (Å²) in [4.78, 5) is 26.4. The Hall–Kier alpha value is -0.736. The molecule has 1 fully saturated rings. The smallest absolute Gasteiger partial charge is 0.235 e. The van der Waals surface area contributed by atoms with Crippen LogP contribution in [0.3, 0.4) is 0 Å². The van der Waals surface area contributed by atoms with Crippen LogP contribution >= 0.6 is 0 Å². The van der Waals surface area contributed by atoms with Gasteiger partial charge < -0.3 is 9.80 Å². The van der Waals surface area contributed by atoms with Crippen LogP contribution in [0.15, 0.2) is 18.2 Å². The van der Waals surface area contributed by atoms with Gasteiger partial charge in [0.1, 0.15) is 0 Å². The van der Waals surface area contributed by atoms with Gasteiger partial charge in [0, 0.05) is 52.7 Å². The number of hydrogen-bond acceptors (Lipinski definition) is 2. The van der Waals surface area contributed by atoms with Crippen molar-refractivity contribution in [2.45, 2.75) is 13.8 Å². The molecule has 1 aliphatic rings. The zero-order valence-electron chi connectivity index (χ0n) is 10.6. The second-order valence-corrected chi connectivity index (χ2v) is 4.22. The summed E-state index contributed by atoms with van der Waals surface area (Å²) in [7, 11) is 0. The van der Waals surface area contributed by atoms with Crippen molar-refractivity contribution in [2.24, 2.45) is 0 Å². The second kappa shape index (κ2) is 6.44. The summed E-state index contributed by atoms with van der Waals surface area (Å²) in [5, 5.41) is 0. The van der Waals surface area contributed by atoms with Crippen molar-refractivity contribution in [2.75, 3.05) is 24.5 Å². The van der Waals surface area contributed by atoms with E-state index in [0.29, 0.717) is 13.1 Å². The van der Waals surface area contributed by atoms with Crippen molar-refractivity contribution in [3.05, 3.63) is 29.8 Å². The number of benzene rings is 1. The number of carbonyl (C=O) groups excluding carboxylic acids is 2. The Kier molecular flexibility index (Phi) is 5.48. The molecule has 2 amide bonds. The van der Waals surface area contributed by atoms with Crippen LogP contribution in [0.4, 0.5) is 5.69 Å². The average molecular weight is 320 g/mol. The average Bonchev–Trinajstić information content (AvgIpc) is 2.30. The first kappa shape index (κ1) is 15.3. The monoisotopic (exact) mass is 320 g/mol. The van der Waals surface area contributed by atoms with Gasteiger partial charge in [0.15, 0.2) is 0 Å². The predicted molar refractivity (Wildman–Crippen MR) is 64.6 cm³/mol. The molecule has 93 valence electrons. The molecule has 2 rings (SSSR count). The summed E-state index contributed by atoms with van der Waals surface area (Å²) < 4.78 is 0. The van der Waals surface area contributed by atoms with Gasteiger partial charge >= 0.3 is 0 Å². The van der Waals surface area contributed by atoms with Crippen molar-refractivity contribution < 1.29 is 42.3 Å². The van der Waals surface area contributed by atoms with Crippen molar-refractivity contribution >= 4 is 17.5 Å². The van der Waals surface area contributed by atoms with Gasteiger partial charge in [-0.2, -0.15) is 23.8 Å². The van der Waals surface area contributed by atoms with Gasteiger partial charge in [-0.05, 0) is 0 Å². The van der Waals surface area contributed by atoms with E-state index in [2.05, 4.69) is 6.07 Å². The molecule has 0 spiro atoms. The largest absolute Gasteiger partial charge is 0.363 e. The van der Waals surface area contributed by atoms with Gasteiger partial charge in [-0.15, -0.1) is 6.07 Å². The Morgan fingerprint density at radius 2 is 2.06 bits per heavy atom. The van der Waals surface area contributed by atoms with Crippen molar-refractivity contribution in [3.63, 3.8) is 0 Å². The summed E-state index contributed by atoms with van der Waals surface area (Å²) in [6.45, 7) is 4.76. The van der Waals surface area contributed by atoms with Crippen molar-refractivity contribution in [1.29, 1.82) is 0 Å². The molecular formula is C13H15N2O2Y-. The second-order valence-electron chi connectivity index (χ2n) is 4.22. The molecular weight excluding hydrogens is 305 g/mol. The Balaban J connectivity index is 0.00000162. The number of hydrogen-bond donors (Lipinski definition) is 0. The molecule has 0 bridgehead atoms. The Bertz CT molecular complexity index is 445. The standard InChI is InChI=1S/C13H15N2O2.Y/c1-10-3-5-12(6-4-10)15-8-7-14(11(2)16)9-13(15)17;/h3,5-6H,7-9H2,1-2H3;/q-1;. The van der Waals surface area contributed by atoms with Gasteiger partial charge in [0.25, 0.3) is 0 Å². The van der Waals surface area contributed by atoms with E-state index in [4.69, 9.17) is 0 Å². The molecule has 1 radical (unpaired) electrons. The summed E-state index contributed by atoms with van der Waals surface area (Å²) in [5.74, 6) is -0.0860. The molecule has 18 heavy (non-hydrogen) atoms. The SMILES string of the molecule is CC(=O)N1CCN(c2c[c-]c(C)cc2)C(=O)C1.[Y]. The number of rotatable bonds is 1. The number of piperazine rings is 1. The third kappa shape index (κ3) is 3.39. The van der Waals surface area contributed by atoms with Crippen molar-refractivity contribution in [1.82, 2.24) is 4.90 Å². The molecule has 1 aromatic rings. The van der Waals surface area contributed by atoms with E-state index in [1.165, 1.54) is 6.92 Å². The Morgan fingerprint density at radius 3 is 2.56 bits per heavy atom. The first-order valence-corrected chi connectivity index (χ1v) is 5.62. The molecule has 0 aromatic heterocycles. The van der Waals surface area contributed by atoms with Crippen molar-refractivity contribution in [3.8, 4) is 0 Å². The minimum atomic E-state index is -0.0477. The van der Waals surface area contributed by atoms with Crippen LogP contribution in [0.25, 0.3) is 0 Å². The molecule has 1 saturated heterocycles. The molecule has 1 aliphatic heterocycles. The molecule has 4 nitrogen and oxygen atoms in total. The third-order valence-electron chi connectivity index (χ3n) is 2.93. The summed E-state index contributed by atoms with van der Waals surface area (Å²) in [6, 6.07) is 8.73.